The number of furan rings is 1. The summed E-state index contributed by atoms with van der Waals surface area (Å²) in [6.45, 7) is 2.21. The van der Waals surface area contributed by atoms with Crippen LogP contribution in [-0.2, 0) is 0 Å². The lowest BCUT2D eigenvalue weighted by molar-refractivity contribution is -0.174. The van der Waals surface area contributed by atoms with E-state index in [0.29, 0.717) is 23.8 Å². The molecule has 10 heteroatoms. The van der Waals surface area contributed by atoms with Crippen molar-refractivity contribution in [3.8, 4) is 5.75 Å². The quantitative estimate of drug-likeness (QED) is 0.621. The van der Waals surface area contributed by atoms with Gasteiger partial charge in [-0.05, 0) is 31.2 Å². The van der Waals surface area contributed by atoms with Crippen molar-refractivity contribution >= 4 is 17.4 Å². The zero-order chi connectivity index (χ0) is 21.3. The summed E-state index contributed by atoms with van der Waals surface area (Å²) in [6.07, 6.45) is -3.44. The summed E-state index contributed by atoms with van der Waals surface area (Å²) in [5.41, 5.74) is 0.266. The van der Waals surface area contributed by atoms with Crippen molar-refractivity contribution in [1.82, 2.24) is 9.78 Å². The lowest BCUT2D eigenvalue weighted by Gasteiger charge is -2.32. The zero-order valence-electron chi connectivity index (χ0n) is 15.9. The number of amides is 1. The predicted octanol–water partition coefficient (Wildman–Crippen LogP) is 4.79. The van der Waals surface area contributed by atoms with E-state index in [4.69, 9.17) is 9.15 Å². The van der Waals surface area contributed by atoms with Gasteiger partial charge in [0.25, 0.3) is 5.91 Å². The second kappa shape index (κ2) is 7.77. The fourth-order valence-corrected chi connectivity index (χ4v) is 3.40. The number of hydrogen-bond acceptors (Lipinski definition) is 5. The van der Waals surface area contributed by atoms with Gasteiger partial charge in [-0.3, -0.25) is 4.79 Å². The monoisotopic (exact) mass is 420 g/mol. The summed E-state index contributed by atoms with van der Waals surface area (Å²) in [7, 11) is 0. The number of carbonyl (C=O) groups excluding carboxylic acids is 1. The Kier molecular flexibility index (Phi) is 5.15. The van der Waals surface area contributed by atoms with Gasteiger partial charge in [-0.25, -0.2) is 4.68 Å². The number of aromatic nitrogens is 2. The van der Waals surface area contributed by atoms with Gasteiger partial charge >= 0.3 is 6.18 Å². The first-order valence-corrected chi connectivity index (χ1v) is 9.36. The summed E-state index contributed by atoms with van der Waals surface area (Å²) in [6, 6.07) is 8.73. The zero-order valence-corrected chi connectivity index (χ0v) is 15.9. The molecule has 1 amide bonds. The standard InChI is InChI=1S/C20H19F3N4O3/c1-2-29-15-7-4-3-6-12(15)25-19(28)14-11-18-24-13(16-8-5-9-30-16)10-17(20(21,22)23)27(18)26-14/h3-9,11,13,17,24H,2,10H2,1H3,(H,25,28)/t13-,17+/m0/s1. The summed E-state index contributed by atoms with van der Waals surface area (Å²) in [5.74, 6) is 0.296. The molecule has 30 heavy (non-hydrogen) atoms. The SMILES string of the molecule is CCOc1ccccc1NC(=O)c1cc2n(n1)[C@@H](C(F)(F)F)C[C@@H](c1ccco1)N2. The van der Waals surface area contributed by atoms with E-state index in [9.17, 15) is 18.0 Å². The molecule has 2 N–H and O–H groups in total. The molecule has 2 atom stereocenters. The lowest BCUT2D eigenvalue weighted by Crippen LogP contribution is -2.35. The van der Waals surface area contributed by atoms with E-state index in [1.807, 2.05) is 0 Å². The van der Waals surface area contributed by atoms with Crippen LogP contribution in [0.5, 0.6) is 5.75 Å². The van der Waals surface area contributed by atoms with Crippen molar-refractivity contribution in [2.45, 2.75) is 31.6 Å². The first-order chi connectivity index (χ1) is 14.4. The number of benzene rings is 1. The molecule has 0 aliphatic carbocycles. The van der Waals surface area contributed by atoms with Crippen LogP contribution in [0.4, 0.5) is 24.7 Å². The van der Waals surface area contributed by atoms with Crippen LogP contribution >= 0.6 is 0 Å². The highest BCUT2D eigenvalue weighted by molar-refractivity contribution is 6.04. The average molecular weight is 420 g/mol. The second-order valence-corrected chi connectivity index (χ2v) is 6.75. The molecule has 0 spiro atoms. The van der Waals surface area contributed by atoms with Crippen LogP contribution in [0, 0.1) is 0 Å². The van der Waals surface area contributed by atoms with E-state index in [1.54, 1.807) is 43.3 Å². The third kappa shape index (κ3) is 3.85. The maximum absolute atomic E-state index is 13.7. The fourth-order valence-electron chi connectivity index (χ4n) is 3.40. The highest BCUT2D eigenvalue weighted by Crippen LogP contribution is 2.43. The number of alkyl halides is 3. The molecule has 0 radical (unpaired) electrons. The summed E-state index contributed by atoms with van der Waals surface area (Å²) in [5, 5.41) is 9.56. The maximum Gasteiger partial charge on any atom is 0.410 e. The average Bonchev–Trinajstić information content (AvgIpc) is 3.38. The van der Waals surface area contributed by atoms with Crippen molar-refractivity contribution in [2.75, 3.05) is 17.2 Å². The molecule has 4 rings (SSSR count). The second-order valence-electron chi connectivity index (χ2n) is 6.75. The molecular formula is C20H19F3N4O3. The van der Waals surface area contributed by atoms with Gasteiger partial charge in [-0.15, -0.1) is 0 Å². The van der Waals surface area contributed by atoms with Crippen molar-refractivity contribution < 1.29 is 27.1 Å². The molecule has 0 unspecified atom stereocenters. The molecule has 1 aliphatic heterocycles. The Morgan fingerprint density at radius 3 is 2.83 bits per heavy atom. The molecule has 1 aliphatic rings. The fraction of sp³-hybridized carbons (Fsp3) is 0.300. The third-order valence-corrected chi connectivity index (χ3v) is 4.74. The van der Waals surface area contributed by atoms with E-state index in [1.165, 1.54) is 12.3 Å². The van der Waals surface area contributed by atoms with Gasteiger partial charge in [0.05, 0.1) is 24.6 Å². The van der Waals surface area contributed by atoms with Crippen LogP contribution in [0.15, 0.2) is 53.1 Å². The summed E-state index contributed by atoms with van der Waals surface area (Å²) < 4.78 is 52.6. The van der Waals surface area contributed by atoms with Gasteiger partial charge in [0.2, 0.25) is 0 Å². The number of fused-ring (bicyclic) bond motifs is 1. The largest absolute Gasteiger partial charge is 0.492 e. The van der Waals surface area contributed by atoms with E-state index in [2.05, 4.69) is 15.7 Å². The smallest absolute Gasteiger partial charge is 0.410 e. The highest BCUT2D eigenvalue weighted by atomic mass is 19.4. The molecular weight excluding hydrogens is 401 g/mol. The predicted molar refractivity (Wildman–Crippen MR) is 103 cm³/mol. The van der Waals surface area contributed by atoms with E-state index < -0.39 is 24.2 Å². The van der Waals surface area contributed by atoms with Gasteiger partial charge in [-0.1, -0.05) is 12.1 Å². The molecule has 2 aromatic heterocycles. The topological polar surface area (TPSA) is 81.3 Å². The van der Waals surface area contributed by atoms with Gasteiger partial charge in [0.15, 0.2) is 11.7 Å². The molecule has 0 bridgehead atoms. The molecule has 0 saturated heterocycles. The minimum Gasteiger partial charge on any atom is -0.492 e. The normalized spacial score (nSPS) is 18.4. The van der Waals surface area contributed by atoms with E-state index >= 15 is 0 Å². The van der Waals surface area contributed by atoms with Crippen LogP contribution in [-0.4, -0.2) is 28.5 Å². The Morgan fingerprint density at radius 2 is 2.13 bits per heavy atom. The number of nitrogens with one attached hydrogen (secondary N) is 2. The van der Waals surface area contributed by atoms with E-state index in [0.717, 1.165) is 4.68 Å². The van der Waals surface area contributed by atoms with Gasteiger partial charge in [0.1, 0.15) is 17.3 Å². The Hall–Kier alpha value is -3.43. The molecule has 3 heterocycles. The lowest BCUT2D eigenvalue weighted by atomic mass is 10.0. The molecule has 3 aromatic rings. The highest BCUT2D eigenvalue weighted by Gasteiger charge is 2.47. The number of halogens is 3. The Morgan fingerprint density at radius 1 is 1.33 bits per heavy atom. The van der Waals surface area contributed by atoms with Crippen LogP contribution in [0.3, 0.4) is 0 Å². The number of anilines is 2. The van der Waals surface area contributed by atoms with Gasteiger partial charge in [0, 0.05) is 12.5 Å². The minimum absolute atomic E-state index is 0.0909. The maximum atomic E-state index is 13.7. The first-order valence-electron chi connectivity index (χ1n) is 9.36. The van der Waals surface area contributed by atoms with Crippen LogP contribution < -0.4 is 15.4 Å². The number of nitrogens with zero attached hydrogens (tertiary/aromatic N) is 2. The van der Waals surface area contributed by atoms with Gasteiger partial charge in [-0.2, -0.15) is 18.3 Å². The summed E-state index contributed by atoms with van der Waals surface area (Å²) >= 11 is 0. The first kappa shape index (κ1) is 19.9. The Labute approximate surface area is 169 Å². The molecule has 158 valence electrons. The van der Waals surface area contributed by atoms with Crippen molar-refractivity contribution in [2.24, 2.45) is 0 Å². The number of hydrogen-bond donors (Lipinski definition) is 2. The van der Waals surface area contributed by atoms with Crippen molar-refractivity contribution in [1.29, 1.82) is 0 Å². The van der Waals surface area contributed by atoms with Gasteiger partial charge < -0.3 is 19.8 Å². The number of rotatable bonds is 5. The third-order valence-electron chi connectivity index (χ3n) is 4.74. The summed E-state index contributed by atoms with van der Waals surface area (Å²) in [4.78, 5) is 12.7. The van der Waals surface area contributed by atoms with Crippen LogP contribution in [0.2, 0.25) is 0 Å². The van der Waals surface area contributed by atoms with E-state index in [-0.39, 0.29) is 17.9 Å². The number of carbonyl (C=O) groups is 1. The number of ether oxygens (including phenoxy) is 1. The Balaban J connectivity index is 1.63. The molecule has 1 aromatic carbocycles. The van der Waals surface area contributed by atoms with Crippen molar-refractivity contribution in [3.05, 3.63) is 60.2 Å². The van der Waals surface area contributed by atoms with Crippen LogP contribution in [0.25, 0.3) is 0 Å². The minimum atomic E-state index is -4.54. The molecule has 7 nitrogen and oxygen atoms in total. The Bertz CT molecular complexity index is 1030. The number of para-hydroxylation sites is 2. The molecule has 0 saturated carbocycles. The molecule has 0 fully saturated rings. The van der Waals surface area contributed by atoms with Crippen molar-refractivity contribution in [3.63, 3.8) is 0 Å². The van der Waals surface area contributed by atoms with Crippen LogP contribution in [0.1, 0.15) is 41.7 Å².